The Morgan fingerprint density at radius 3 is 2.56 bits per heavy atom. The van der Waals surface area contributed by atoms with Crippen molar-refractivity contribution in [2.45, 2.75) is 108 Å². The molecule has 7 atom stereocenters. The Labute approximate surface area is 202 Å². The summed E-state index contributed by atoms with van der Waals surface area (Å²) in [5, 5.41) is 40.6. The second kappa shape index (κ2) is 10.2. The summed E-state index contributed by atoms with van der Waals surface area (Å²) in [4.78, 5) is 0. The maximum Gasteiger partial charge on any atom is 0.229 e. The summed E-state index contributed by atoms with van der Waals surface area (Å²) in [6, 6.07) is 4.12. The van der Waals surface area contributed by atoms with Crippen LogP contribution in [0.4, 0.5) is 0 Å². The fraction of sp³-hybridized carbons (Fsp3) is 0.704. The van der Waals surface area contributed by atoms with Crippen LogP contribution >= 0.6 is 0 Å². The van der Waals surface area contributed by atoms with Crippen LogP contribution in [-0.2, 0) is 11.2 Å². The van der Waals surface area contributed by atoms with Crippen LogP contribution in [0.2, 0.25) is 0 Å². The first-order valence-corrected chi connectivity index (χ1v) is 12.6. The van der Waals surface area contributed by atoms with Gasteiger partial charge in [-0.25, -0.2) is 0 Å². The average Bonchev–Trinajstić information content (AvgIpc) is 2.78. The highest BCUT2D eigenvalue weighted by molar-refractivity contribution is 5.53. The predicted molar refractivity (Wildman–Crippen MR) is 128 cm³/mol. The van der Waals surface area contributed by atoms with Crippen molar-refractivity contribution < 1.29 is 34.6 Å². The largest absolute Gasteiger partial charge is 0.487 e. The molecule has 1 aromatic rings. The van der Waals surface area contributed by atoms with Gasteiger partial charge >= 0.3 is 0 Å². The summed E-state index contributed by atoms with van der Waals surface area (Å²) in [5.74, 6) is 1.84. The Morgan fingerprint density at radius 1 is 1.09 bits per heavy atom. The van der Waals surface area contributed by atoms with Gasteiger partial charge in [0.15, 0.2) is 0 Å². The lowest BCUT2D eigenvalue weighted by atomic mass is 9.67. The van der Waals surface area contributed by atoms with Gasteiger partial charge in [0.25, 0.3) is 0 Å². The van der Waals surface area contributed by atoms with E-state index in [9.17, 15) is 20.4 Å². The van der Waals surface area contributed by atoms with Gasteiger partial charge in [0.05, 0.1) is 6.61 Å². The molecule has 0 aromatic heterocycles. The third kappa shape index (κ3) is 4.86. The lowest BCUT2D eigenvalue weighted by molar-refractivity contribution is -0.277. The number of aryl methyl sites for hydroxylation is 1. The van der Waals surface area contributed by atoms with Crippen LogP contribution in [0.25, 0.3) is 0 Å². The number of aliphatic hydroxyl groups excluding tert-OH is 4. The molecule has 1 aromatic carbocycles. The molecule has 7 heteroatoms. The summed E-state index contributed by atoms with van der Waals surface area (Å²) < 4.78 is 18.5. The molecule has 2 aliphatic heterocycles. The molecule has 190 valence electrons. The molecule has 7 nitrogen and oxygen atoms in total. The zero-order valence-corrected chi connectivity index (χ0v) is 20.7. The Bertz CT molecular complexity index is 893. The van der Waals surface area contributed by atoms with Crippen molar-refractivity contribution in [3.05, 3.63) is 34.9 Å². The SMILES string of the molecule is CCCCCc1cc(O[C@@H]2O[C@H](CO)[C@@H](O)[C@H](O)[C@H]2O)c2c(c1)OC(C)(C)[C@@H]1CC=C(C)CC21. The minimum atomic E-state index is -1.48. The molecule has 1 aliphatic carbocycles. The molecule has 3 aliphatic rings. The van der Waals surface area contributed by atoms with E-state index >= 15 is 0 Å². The van der Waals surface area contributed by atoms with Gasteiger partial charge in [-0.1, -0.05) is 31.4 Å². The molecule has 4 N–H and O–H groups in total. The van der Waals surface area contributed by atoms with Crippen LogP contribution in [0, 0.1) is 5.92 Å². The highest BCUT2D eigenvalue weighted by Crippen LogP contribution is 2.54. The molecule has 0 bridgehead atoms. The van der Waals surface area contributed by atoms with Crippen LogP contribution in [0.15, 0.2) is 23.8 Å². The van der Waals surface area contributed by atoms with Crippen LogP contribution in [0.1, 0.15) is 76.8 Å². The van der Waals surface area contributed by atoms with Crippen LogP contribution in [-0.4, -0.2) is 63.3 Å². The molecule has 0 amide bonds. The molecular weight excluding hydrogens is 436 g/mol. The number of rotatable bonds is 7. The Hall–Kier alpha value is -1.64. The van der Waals surface area contributed by atoms with Crippen molar-refractivity contribution in [3.8, 4) is 11.5 Å². The third-order valence-electron chi connectivity index (χ3n) is 7.71. The van der Waals surface area contributed by atoms with Gasteiger partial charge in [0.2, 0.25) is 6.29 Å². The molecular formula is C27H40O7. The van der Waals surface area contributed by atoms with E-state index in [0.29, 0.717) is 5.75 Å². The molecule has 0 saturated carbocycles. The summed E-state index contributed by atoms with van der Waals surface area (Å²) in [5.41, 5.74) is 3.05. The average molecular weight is 477 g/mol. The summed E-state index contributed by atoms with van der Waals surface area (Å²) in [6.45, 7) is 8.11. The van der Waals surface area contributed by atoms with Crippen molar-refractivity contribution >= 4 is 0 Å². The van der Waals surface area contributed by atoms with Crippen molar-refractivity contribution in [1.29, 1.82) is 0 Å². The van der Waals surface area contributed by atoms with Crippen molar-refractivity contribution in [1.82, 2.24) is 0 Å². The molecule has 4 rings (SSSR count). The standard InChI is InChI=1S/C27H40O7/c1-5-6-7-8-16-12-19(32-26-25(31)24(30)23(29)21(14-28)33-26)22-17-11-15(2)9-10-18(17)27(3,4)34-20(22)13-16/h9,12-13,17-18,21,23-26,28-31H,5-8,10-11,14H2,1-4H3/t17?,18-,21-,23-,24+,25-,26-/m1/s1. The van der Waals surface area contributed by atoms with Crippen LogP contribution in [0.5, 0.6) is 11.5 Å². The smallest absolute Gasteiger partial charge is 0.229 e. The van der Waals surface area contributed by atoms with Gasteiger partial charge in [0, 0.05) is 17.4 Å². The number of hydrogen-bond acceptors (Lipinski definition) is 7. The lowest BCUT2D eigenvalue weighted by Crippen LogP contribution is -2.60. The highest BCUT2D eigenvalue weighted by Gasteiger charge is 2.48. The quantitative estimate of drug-likeness (QED) is 0.353. The fourth-order valence-corrected chi connectivity index (χ4v) is 5.71. The topological polar surface area (TPSA) is 109 Å². The molecule has 34 heavy (non-hydrogen) atoms. The molecule has 2 heterocycles. The van der Waals surface area contributed by atoms with Gasteiger partial charge in [-0.3, -0.25) is 0 Å². The number of ether oxygens (including phenoxy) is 3. The van der Waals surface area contributed by atoms with Gasteiger partial charge in [0.1, 0.15) is 41.5 Å². The Balaban J connectivity index is 1.74. The molecule has 1 saturated heterocycles. The van der Waals surface area contributed by atoms with Gasteiger partial charge in [-0.05, 0) is 64.2 Å². The number of hydrogen-bond donors (Lipinski definition) is 4. The number of unbranched alkanes of at least 4 members (excludes halogenated alkanes) is 2. The highest BCUT2D eigenvalue weighted by atomic mass is 16.7. The van der Waals surface area contributed by atoms with E-state index in [0.717, 1.165) is 55.4 Å². The van der Waals surface area contributed by atoms with Gasteiger partial charge in [-0.2, -0.15) is 0 Å². The molecule has 0 radical (unpaired) electrons. The van der Waals surface area contributed by atoms with E-state index < -0.39 is 37.3 Å². The fourth-order valence-electron chi connectivity index (χ4n) is 5.71. The van der Waals surface area contributed by atoms with E-state index in [1.54, 1.807) is 0 Å². The monoisotopic (exact) mass is 476 g/mol. The first-order valence-electron chi connectivity index (χ1n) is 12.6. The third-order valence-corrected chi connectivity index (χ3v) is 7.71. The van der Waals surface area contributed by atoms with E-state index in [1.807, 2.05) is 6.07 Å². The maximum atomic E-state index is 10.6. The maximum absolute atomic E-state index is 10.6. The zero-order chi connectivity index (χ0) is 24.6. The molecule has 0 spiro atoms. The zero-order valence-electron chi connectivity index (χ0n) is 20.7. The number of aliphatic hydroxyl groups is 4. The van der Waals surface area contributed by atoms with Gasteiger partial charge in [-0.15, -0.1) is 0 Å². The van der Waals surface area contributed by atoms with E-state index in [2.05, 4.69) is 39.8 Å². The Kier molecular flexibility index (Phi) is 7.60. The number of fused-ring (bicyclic) bond motifs is 3. The second-order valence-corrected chi connectivity index (χ2v) is 10.7. The summed E-state index contributed by atoms with van der Waals surface area (Å²) >= 11 is 0. The Morgan fingerprint density at radius 2 is 1.85 bits per heavy atom. The number of allylic oxidation sites excluding steroid dienone is 2. The molecule has 1 unspecified atom stereocenters. The first kappa shape index (κ1) is 25.5. The lowest BCUT2D eigenvalue weighted by Gasteiger charge is -2.47. The van der Waals surface area contributed by atoms with Gasteiger partial charge < -0.3 is 34.6 Å². The first-order chi connectivity index (χ1) is 16.2. The predicted octanol–water partition coefficient (Wildman–Crippen LogP) is 3.21. The summed E-state index contributed by atoms with van der Waals surface area (Å²) in [6.07, 6.45) is 1.67. The second-order valence-electron chi connectivity index (χ2n) is 10.7. The normalized spacial score (nSPS) is 34.5. The van der Waals surface area contributed by atoms with Crippen molar-refractivity contribution in [2.75, 3.05) is 6.61 Å². The molecule has 1 fully saturated rings. The van der Waals surface area contributed by atoms with Crippen molar-refractivity contribution in [2.24, 2.45) is 5.92 Å². The van der Waals surface area contributed by atoms with E-state index in [1.165, 1.54) is 5.57 Å². The number of benzene rings is 1. The van der Waals surface area contributed by atoms with E-state index in [-0.39, 0.29) is 17.4 Å². The summed E-state index contributed by atoms with van der Waals surface area (Å²) in [7, 11) is 0. The minimum Gasteiger partial charge on any atom is -0.487 e. The van der Waals surface area contributed by atoms with Crippen molar-refractivity contribution in [3.63, 3.8) is 0 Å². The van der Waals surface area contributed by atoms with E-state index in [4.69, 9.17) is 14.2 Å². The van der Waals surface area contributed by atoms with Crippen LogP contribution in [0.3, 0.4) is 0 Å². The minimum absolute atomic E-state index is 0.188. The van der Waals surface area contributed by atoms with Crippen LogP contribution < -0.4 is 9.47 Å².